The monoisotopic (exact) mass is 350 g/mol. The molecule has 0 aliphatic carbocycles. The Morgan fingerprint density at radius 3 is 1.75 bits per heavy atom. The van der Waals surface area contributed by atoms with Gasteiger partial charge in [-0.2, -0.15) is 0 Å². The van der Waals surface area contributed by atoms with E-state index in [1.54, 1.807) is 24.3 Å². The van der Waals surface area contributed by atoms with Gasteiger partial charge in [-0.3, -0.25) is 0 Å². The molecule has 0 N–H and O–H groups in total. The molecule has 0 aromatic heterocycles. The Bertz CT molecular complexity index is 633. The van der Waals surface area contributed by atoms with Gasteiger partial charge in [0.05, 0.1) is 29.3 Å². The van der Waals surface area contributed by atoms with Gasteiger partial charge in [-0.15, -0.1) is 0 Å². The predicted molar refractivity (Wildman–Crippen MR) is 85.0 cm³/mol. The van der Waals surface area contributed by atoms with Gasteiger partial charge in [0.1, 0.15) is 11.5 Å². The van der Waals surface area contributed by atoms with Crippen LogP contribution in [0, 0.1) is 0 Å². The maximum Gasteiger partial charge on any atom is 0.129 e. The summed E-state index contributed by atoms with van der Waals surface area (Å²) in [5, 5.41) is 1.70. The standard InChI is InChI=1S/C14H10Cl4O2/c1-19-8-5-10(17)13(11(18)6-8)14-9(16)3-7(15)4-12(14)20-2/h3-6H,1-2H3. The van der Waals surface area contributed by atoms with Crippen LogP contribution in [0.15, 0.2) is 24.3 Å². The summed E-state index contributed by atoms with van der Waals surface area (Å²) in [7, 11) is 3.06. The molecule has 20 heavy (non-hydrogen) atoms. The van der Waals surface area contributed by atoms with Crippen molar-refractivity contribution in [1.29, 1.82) is 0 Å². The molecule has 0 amide bonds. The molecule has 0 fully saturated rings. The summed E-state index contributed by atoms with van der Waals surface area (Å²) >= 11 is 24.8. The van der Waals surface area contributed by atoms with Crippen molar-refractivity contribution in [2.75, 3.05) is 14.2 Å². The van der Waals surface area contributed by atoms with E-state index in [1.807, 2.05) is 0 Å². The molecule has 0 aliphatic heterocycles. The highest BCUT2D eigenvalue weighted by Crippen LogP contribution is 2.46. The summed E-state index contributed by atoms with van der Waals surface area (Å²) in [6, 6.07) is 6.58. The highest BCUT2D eigenvalue weighted by Gasteiger charge is 2.19. The van der Waals surface area contributed by atoms with Crippen LogP contribution in [0.3, 0.4) is 0 Å². The number of methoxy groups -OCH3 is 2. The van der Waals surface area contributed by atoms with Crippen LogP contribution < -0.4 is 9.47 Å². The maximum atomic E-state index is 6.28. The van der Waals surface area contributed by atoms with Crippen molar-refractivity contribution < 1.29 is 9.47 Å². The van der Waals surface area contributed by atoms with E-state index in [4.69, 9.17) is 55.9 Å². The lowest BCUT2D eigenvalue weighted by Gasteiger charge is -2.15. The number of halogens is 4. The lowest BCUT2D eigenvalue weighted by atomic mass is 10.0. The van der Waals surface area contributed by atoms with Crippen molar-refractivity contribution >= 4 is 46.4 Å². The number of rotatable bonds is 3. The number of hydrogen-bond acceptors (Lipinski definition) is 2. The second kappa shape index (κ2) is 6.31. The largest absolute Gasteiger partial charge is 0.497 e. The summed E-state index contributed by atoms with van der Waals surface area (Å²) in [5.41, 5.74) is 1.17. The first-order valence-corrected chi connectivity index (χ1v) is 7.05. The Morgan fingerprint density at radius 2 is 1.25 bits per heavy atom. The molecule has 0 atom stereocenters. The molecular weight excluding hydrogens is 342 g/mol. The van der Waals surface area contributed by atoms with Crippen LogP contribution >= 0.6 is 46.4 Å². The summed E-state index contributed by atoms with van der Waals surface area (Å²) in [5.74, 6) is 1.06. The van der Waals surface area contributed by atoms with Gasteiger partial charge in [-0.1, -0.05) is 46.4 Å². The smallest absolute Gasteiger partial charge is 0.129 e. The molecule has 0 unspecified atom stereocenters. The van der Waals surface area contributed by atoms with Crippen molar-refractivity contribution in [3.63, 3.8) is 0 Å². The van der Waals surface area contributed by atoms with Gasteiger partial charge in [-0.25, -0.2) is 0 Å². The fourth-order valence-corrected chi connectivity index (χ4v) is 3.09. The van der Waals surface area contributed by atoms with E-state index < -0.39 is 0 Å². The molecular formula is C14H10Cl4O2. The molecule has 0 aliphatic rings. The van der Waals surface area contributed by atoms with E-state index in [2.05, 4.69) is 0 Å². The van der Waals surface area contributed by atoms with Crippen LogP contribution in [0.1, 0.15) is 0 Å². The molecule has 0 bridgehead atoms. The number of ether oxygens (including phenoxy) is 2. The van der Waals surface area contributed by atoms with Crippen LogP contribution in [0.25, 0.3) is 11.1 Å². The second-order valence-electron chi connectivity index (χ2n) is 3.93. The van der Waals surface area contributed by atoms with Gasteiger partial charge in [-0.05, 0) is 24.3 Å². The van der Waals surface area contributed by atoms with Crippen molar-refractivity contribution in [3.05, 3.63) is 44.4 Å². The predicted octanol–water partition coefficient (Wildman–Crippen LogP) is 5.98. The molecule has 106 valence electrons. The van der Waals surface area contributed by atoms with Crippen LogP contribution in [-0.4, -0.2) is 14.2 Å². The quantitative estimate of drug-likeness (QED) is 0.676. The molecule has 2 aromatic carbocycles. The molecule has 0 saturated heterocycles. The van der Waals surface area contributed by atoms with E-state index in [1.165, 1.54) is 14.2 Å². The van der Waals surface area contributed by atoms with E-state index in [9.17, 15) is 0 Å². The van der Waals surface area contributed by atoms with Gasteiger partial charge in [0.15, 0.2) is 0 Å². The summed E-state index contributed by atoms with van der Waals surface area (Å²) in [4.78, 5) is 0. The minimum atomic E-state index is 0.406. The lowest BCUT2D eigenvalue weighted by Crippen LogP contribution is -1.92. The topological polar surface area (TPSA) is 18.5 Å². The highest BCUT2D eigenvalue weighted by atomic mass is 35.5. The Morgan fingerprint density at radius 1 is 0.700 bits per heavy atom. The van der Waals surface area contributed by atoms with Crippen molar-refractivity contribution in [1.82, 2.24) is 0 Å². The lowest BCUT2D eigenvalue weighted by molar-refractivity contribution is 0.414. The summed E-state index contributed by atoms with van der Waals surface area (Å²) in [6.45, 7) is 0. The Hall–Kier alpha value is -0.800. The van der Waals surface area contributed by atoms with Crippen molar-refractivity contribution in [3.8, 4) is 22.6 Å². The molecule has 0 heterocycles. The van der Waals surface area contributed by atoms with Gasteiger partial charge < -0.3 is 9.47 Å². The van der Waals surface area contributed by atoms with Crippen molar-refractivity contribution in [2.45, 2.75) is 0 Å². The zero-order valence-electron chi connectivity index (χ0n) is 10.6. The number of hydrogen-bond donors (Lipinski definition) is 0. The van der Waals surface area contributed by atoms with E-state index in [-0.39, 0.29) is 0 Å². The Labute approximate surface area is 137 Å². The third kappa shape index (κ3) is 2.94. The molecule has 2 rings (SSSR count). The van der Waals surface area contributed by atoms with E-state index in [0.717, 1.165) is 0 Å². The third-order valence-corrected chi connectivity index (χ3v) is 3.85. The number of benzene rings is 2. The third-order valence-electron chi connectivity index (χ3n) is 2.74. The van der Waals surface area contributed by atoms with Gasteiger partial charge >= 0.3 is 0 Å². The fraction of sp³-hybridized carbons (Fsp3) is 0.143. The van der Waals surface area contributed by atoms with E-state index in [0.29, 0.717) is 42.7 Å². The van der Waals surface area contributed by atoms with Crippen LogP contribution in [0.5, 0.6) is 11.5 Å². The zero-order chi connectivity index (χ0) is 14.9. The maximum absolute atomic E-state index is 6.28. The van der Waals surface area contributed by atoms with Gasteiger partial charge in [0.25, 0.3) is 0 Å². The zero-order valence-corrected chi connectivity index (χ0v) is 13.7. The fourth-order valence-electron chi connectivity index (χ4n) is 1.86. The normalized spacial score (nSPS) is 10.5. The first kappa shape index (κ1) is 15.6. The molecule has 0 spiro atoms. The SMILES string of the molecule is COc1cc(Cl)c(-c2c(Cl)cc(Cl)cc2OC)c(Cl)c1. The average molecular weight is 352 g/mol. The van der Waals surface area contributed by atoms with Crippen LogP contribution in [0.2, 0.25) is 20.1 Å². The van der Waals surface area contributed by atoms with Crippen molar-refractivity contribution in [2.24, 2.45) is 0 Å². The summed E-state index contributed by atoms with van der Waals surface area (Å²) in [6.07, 6.45) is 0. The van der Waals surface area contributed by atoms with Gasteiger partial charge in [0.2, 0.25) is 0 Å². The molecule has 0 saturated carbocycles. The molecule has 2 nitrogen and oxygen atoms in total. The minimum absolute atomic E-state index is 0.406. The second-order valence-corrected chi connectivity index (χ2v) is 5.59. The van der Waals surface area contributed by atoms with E-state index >= 15 is 0 Å². The highest BCUT2D eigenvalue weighted by molar-refractivity contribution is 6.42. The Balaban J connectivity index is 2.75. The first-order valence-electron chi connectivity index (χ1n) is 5.54. The molecule has 2 aromatic rings. The molecule has 6 heteroatoms. The van der Waals surface area contributed by atoms with Gasteiger partial charge in [0, 0.05) is 16.1 Å². The molecule has 0 radical (unpaired) electrons. The average Bonchev–Trinajstić information content (AvgIpc) is 2.39. The minimum Gasteiger partial charge on any atom is -0.497 e. The van der Waals surface area contributed by atoms with Crippen LogP contribution in [-0.2, 0) is 0 Å². The Kier molecular flexibility index (Phi) is 4.92. The first-order chi connectivity index (χ1) is 9.47. The summed E-state index contributed by atoms with van der Waals surface area (Å²) < 4.78 is 10.4. The van der Waals surface area contributed by atoms with Crippen LogP contribution in [0.4, 0.5) is 0 Å².